The molecule has 0 radical (unpaired) electrons. The predicted octanol–water partition coefficient (Wildman–Crippen LogP) is 3.17. The first-order valence-corrected chi connectivity index (χ1v) is 11.0. The third kappa shape index (κ3) is 2.99. The van der Waals surface area contributed by atoms with Crippen molar-refractivity contribution in [1.82, 2.24) is 5.32 Å². The smallest absolute Gasteiger partial charge is 0.259 e. The average Bonchev–Trinajstić information content (AvgIpc) is 3.19. The largest absolute Gasteiger partial charge is 0.349 e. The lowest BCUT2D eigenvalue weighted by molar-refractivity contribution is 0.0935. The summed E-state index contributed by atoms with van der Waals surface area (Å²) >= 11 is 0. The molecule has 1 aliphatic carbocycles. The summed E-state index contributed by atoms with van der Waals surface area (Å²) in [4.78, 5) is 27.2. The fourth-order valence-electron chi connectivity index (χ4n) is 4.00. The second-order valence-corrected chi connectivity index (χ2v) is 9.07. The van der Waals surface area contributed by atoms with Crippen LogP contribution in [0.5, 0.6) is 0 Å². The second kappa shape index (κ2) is 7.05. The Morgan fingerprint density at radius 3 is 2.54 bits per heavy atom. The van der Waals surface area contributed by atoms with Crippen molar-refractivity contribution in [2.75, 3.05) is 11.4 Å². The van der Waals surface area contributed by atoms with E-state index in [2.05, 4.69) is 5.32 Å². The lowest BCUT2D eigenvalue weighted by Crippen LogP contribution is -2.33. The number of hydrogen-bond donors (Lipinski definition) is 1. The van der Waals surface area contributed by atoms with Gasteiger partial charge < -0.3 is 10.2 Å². The van der Waals surface area contributed by atoms with Gasteiger partial charge in [-0.3, -0.25) is 9.59 Å². The van der Waals surface area contributed by atoms with Gasteiger partial charge in [0.1, 0.15) is 0 Å². The molecule has 1 fully saturated rings. The first kappa shape index (κ1) is 18.7. The highest BCUT2D eigenvalue weighted by Gasteiger charge is 2.35. The maximum absolute atomic E-state index is 13.2. The molecule has 146 valence electrons. The Labute approximate surface area is 164 Å². The fraction of sp³-hybridized carbons (Fsp3) is 0.333. The van der Waals surface area contributed by atoms with E-state index in [1.54, 1.807) is 19.1 Å². The van der Waals surface area contributed by atoms with Gasteiger partial charge in [0, 0.05) is 18.2 Å². The minimum Gasteiger partial charge on any atom is -0.349 e. The van der Waals surface area contributed by atoms with Gasteiger partial charge in [-0.05, 0) is 50.1 Å². The monoisotopic (exact) mass is 398 g/mol. The average molecular weight is 398 g/mol. The molecule has 0 atom stereocenters. The molecule has 0 aromatic heterocycles. The van der Waals surface area contributed by atoms with Crippen molar-refractivity contribution in [1.29, 1.82) is 0 Å². The van der Waals surface area contributed by atoms with E-state index in [-0.39, 0.29) is 38.9 Å². The van der Waals surface area contributed by atoms with Crippen LogP contribution in [-0.4, -0.2) is 32.8 Å². The van der Waals surface area contributed by atoms with Crippen LogP contribution in [0.15, 0.2) is 52.3 Å². The van der Waals surface area contributed by atoms with Crippen LogP contribution >= 0.6 is 0 Å². The number of nitrogens with one attached hydrogen (secondary N) is 1. The minimum absolute atomic E-state index is 0.000331. The minimum atomic E-state index is -3.87. The third-order valence-electron chi connectivity index (χ3n) is 5.46. The Kier molecular flexibility index (Phi) is 4.71. The number of sulfone groups is 1. The number of nitrogens with zero attached hydrogens (tertiary/aromatic N) is 1. The van der Waals surface area contributed by atoms with Crippen LogP contribution in [0.2, 0.25) is 0 Å². The summed E-state index contributed by atoms with van der Waals surface area (Å²) in [5, 5.41) is 3.01. The molecular weight excluding hydrogens is 376 g/mol. The quantitative estimate of drug-likeness (QED) is 0.861. The van der Waals surface area contributed by atoms with Gasteiger partial charge in [0.15, 0.2) is 0 Å². The van der Waals surface area contributed by atoms with E-state index < -0.39 is 9.84 Å². The molecule has 0 bridgehead atoms. The highest BCUT2D eigenvalue weighted by molar-refractivity contribution is 7.91. The van der Waals surface area contributed by atoms with E-state index in [1.165, 1.54) is 35.2 Å². The molecule has 0 spiro atoms. The number of rotatable bonds is 3. The number of anilines is 1. The molecule has 2 aliphatic rings. The standard InChI is InChI=1S/C21H22N2O4S/c1-2-23-17-13-14(20(24)22-15-7-3-4-8-15)11-12-19(17)28(26,27)18-10-6-5-9-16(18)21(23)25/h5-6,9-13,15H,2-4,7-8H2,1H3,(H,22,24). The molecule has 1 aliphatic heterocycles. The Morgan fingerprint density at radius 1 is 1.11 bits per heavy atom. The normalized spacial score (nSPS) is 18.3. The van der Waals surface area contributed by atoms with Crippen molar-refractivity contribution in [3.8, 4) is 0 Å². The van der Waals surface area contributed by atoms with Crippen molar-refractivity contribution in [2.24, 2.45) is 0 Å². The van der Waals surface area contributed by atoms with Crippen molar-refractivity contribution < 1.29 is 18.0 Å². The summed E-state index contributed by atoms with van der Waals surface area (Å²) < 4.78 is 26.4. The summed E-state index contributed by atoms with van der Waals surface area (Å²) in [5.41, 5.74) is 0.762. The zero-order valence-electron chi connectivity index (χ0n) is 15.6. The number of hydrogen-bond acceptors (Lipinski definition) is 4. The molecule has 6 nitrogen and oxygen atoms in total. The molecule has 2 aromatic rings. The Balaban J connectivity index is 1.82. The van der Waals surface area contributed by atoms with E-state index in [9.17, 15) is 18.0 Å². The number of amides is 2. The van der Waals surface area contributed by atoms with Gasteiger partial charge in [-0.2, -0.15) is 0 Å². The molecule has 7 heteroatoms. The summed E-state index contributed by atoms with van der Waals surface area (Å²) in [6, 6.07) is 10.9. The van der Waals surface area contributed by atoms with Crippen molar-refractivity contribution in [2.45, 2.75) is 48.4 Å². The first-order chi connectivity index (χ1) is 13.4. The van der Waals surface area contributed by atoms with Crippen LogP contribution in [0.3, 0.4) is 0 Å². The number of carbonyl (C=O) groups is 2. The van der Waals surface area contributed by atoms with E-state index in [1.807, 2.05) is 0 Å². The Morgan fingerprint density at radius 2 is 1.82 bits per heavy atom. The SMILES string of the molecule is CCN1C(=O)c2ccccc2S(=O)(=O)c2ccc(C(=O)NC3CCCC3)cc21. The van der Waals surface area contributed by atoms with Crippen molar-refractivity contribution >= 4 is 27.3 Å². The van der Waals surface area contributed by atoms with Crippen LogP contribution < -0.4 is 10.2 Å². The fourth-order valence-corrected chi connectivity index (χ4v) is 5.63. The number of carbonyl (C=O) groups excluding carboxylic acids is 2. The van der Waals surface area contributed by atoms with Crippen molar-refractivity contribution in [3.63, 3.8) is 0 Å². The van der Waals surface area contributed by atoms with Gasteiger partial charge >= 0.3 is 0 Å². The van der Waals surface area contributed by atoms with E-state index in [4.69, 9.17) is 0 Å². The summed E-state index contributed by atoms with van der Waals surface area (Å²) in [6.07, 6.45) is 4.12. The van der Waals surface area contributed by atoms with Crippen molar-refractivity contribution in [3.05, 3.63) is 53.6 Å². The molecular formula is C21H22N2O4S. The third-order valence-corrected chi connectivity index (χ3v) is 7.32. The zero-order valence-corrected chi connectivity index (χ0v) is 16.5. The second-order valence-electron chi connectivity index (χ2n) is 7.19. The van der Waals surface area contributed by atoms with Gasteiger partial charge in [-0.25, -0.2) is 8.42 Å². The van der Waals surface area contributed by atoms with Crippen LogP contribution in [0.1, 0.15) is 53.3 Å². The lowest BCUT2D eigenvalue weighted by Gasteiger charge is -2.22. The molecule has 0 saturated heterocycles. The molecule has 1 N–H and O–H groups in total. The predicted molar refractivity (Wildman–Crippen MR) is 105 cm³/mol. The molecule has 1 saturated carbocycles. The maximum atomic E-state index is 13.2. The van der Waals surface area contributed by atoms with Gasteiger partial charge in [0.2, 0.25) is 9.84 Å². The summed E-state index contributed by atoms with van der Waals surface area (Å²) in [5.74, 6) is -0.619. The van der Waals surface area contributed by atoms with E-state index in [0.29, 0.717) is 12.1 Å². The van der Waals surface area contributed by atoms with Gasteiger partial charge in [-0.1, -0.05) is 25.0 Å². The van der Waals surface area contributed by atoms with Crippen LogP contribution in [-0.2, 0) is 9.84 Å². The van der Waals surface area contributed by atoms with Gasteiger partial charge in [-0.15, -0.1) is 0 Å². The molecule has 2 amide bonds. The Hall–Kier alpha value is -2.67. The van der Waals surface area contributed by atoms with E-state index in [0.717, 1.165) is 25.7 Å². The summed E-state index contributed by atoms with van der Waals surface area (Å²) in [6.45, 7) is 2.08. The number of fused-ring (bicyclic) bond motifs is 2. The Bertz CT molecular complexity index is 1060. The lowest BCUT2D eigenvalue weighted by atomic mass is 10.1. The van der Waals surface area contributed by atoms with Gasteiger partial charge in [0.25, 0.3) is 11.8 Å². The highest BCUT2D eigenvalue weighted by Crippen LogP contribution is 2.37. The topological polar surface area (TPSA) is 83.6 Å². The summed E-state index contributed by atoms with van der Waals surface area (Å²) in [7, 11) is -3.87. The van der Waals surface area contributed by atoms with Crippen LogP contribution in [0, 0.1) is 0 Å². The van der Waals surface area contributed by atoms with E-state index >= 15 is 0 Å². The van der Waals surface area contributed by atoms with Crippen LogP contribution in [0.4, 0.5) is 5.69 Å². The van der Waals surface area contributed by atoms with Crippen LogP contribution in [0.25, 0.3) is 0 Å². The maximum Gasteiger partial charge on any atom is 0.259 e. The van der Waals surface area contributed by atoms with Gasteiger partial charge in [0.05, 0.1) is 21.0 Å². The highest BCUT2D eigenvalue weighted by atomic mass is 32.2. The molecule has 4 rings (SSSR count). The first-order valence-electron chi connectivity index (χ1n) is 9.54. The zero-order chi connectivity index (χ0) is 19.9. The molecule has 28 heavy (non-hydrogen) atoms. The molecule has 0 unspecified atom stereocenters. The number of benzene rings is 2. The molecule has 2 aromatic carbocycles. The molecule has 1 heterocycles.